The van der Waals surface area contributed by atoms with E-state index in [1.807, 2.05) is 12.1 Å². The summed E-state index contributed by atoms with van der Waals surface area (Å²) in [6.45, 7) is 0.348. The molecular weight excluding hydrogens is 298 g/mol. The van der Waals surface area contributed by atoms with Crippen molar-refractivity contribution in [1.82, 2.24) is 25.2 Å². The van der Waals surface area contributed by atoms with E-state index < -0.39 is 5.97 Å². The summed E-state index contributed by atoms with van der Waals surface area (Å²) in [5.41, 5.74) is 2.68. The predicted molar refractivity (Wildman–Crippen MR) is 80.5 cm³/mol. The maximum Gasteiger partial charge on any atom is 0.325 e. The maximum absolute atomic E-state index is 12.5. The van der Waals surface area contributed by atoms with Crippen LogP contribution in [0.4, 0.5) is 4.79 Å². The van der Waals surface area contributed by atoms with Gasteiger partial charge in [-0.3, -0.25) is 9.78 Å². The molecule has 0 fully saturated rings. The second-order valence-electron chi connectivity index (χ2n) is 5.13. The van der Waals surface area contributed by atoms with Crippen LogP contribution < -0.4 is 5.32 Å². The maximum atomic E-state index is 12.5. The van der Waals surface area contributed by atoms with Crippen LogP contribution in [0, 0.1) is 0 Å². The lowest BCUT2D eigenvalue weighted by Crippen LogP contribution is -2.47. The van der Waals surface area contributed by atoms with Crippen molar-refractivity contribution in [2.45, 2.75) is 12.5 Å². The number of fused-ring (bicyclic) bond motifs is 1. The second kappa shape index (κ2) is 6.47. The van der Waals surface area contributed by atoms with Gasteiger partial charge in [0.15, 0.2) is 0 Å². The molecule has 0 saturated heterocycles. The lowest BCUT2D eigenvalue weighted by Gasteiger charge is -2.34. The Labute approximate surface area is 132 Å². The zero-order valence-electron chi connectivity index (χ0n) is 12.7. The fraction of sp³-hybridized carbons (Fsp3) is 0.333. The lowest BCUT2D eigenvalue weighted by molar-refractivity contribution is -0.139. The van der Waals surface area contributed by atoms with Gasteiger partial charge in [-0.05, 0) is 11.6 Å². The number of imidazole rings is 1. The van der Waals surface area contributed by atoms with E-state index in [0.29, 0.717) is 13.0 Å². The molecule has 0 unspecified atom stereocenters. The Bertz CT molecular complexity index is 700. The van der Waals surface area contributed by atoms with Crippen molar-refractivity contribution in [3.05, 3.63) is 47.8 Å². The molecule has 0 aliphatic carbocycles. The molecule has 0 spiro atoms. The molecule has 2 aromatic heterocycles. The summed E-state index contributed by atoms with van der Waals surface area (Å²) in [5, 5.41) is 2.58. The van der Waals surface area contributed by atoms with Crippen molar-refractivity contribution in [2.24, 2.45) is 0 Å². The Kier molecular flexibility index (Phi) is 4.22. The van der Waals surface area contributed by atoms with Gasteiger partial charge in [-0.25, -0.2) is 9.78 Å². The summed E-state index contributed by atoms with van der Waals surface area (Å²) in [5.74, 6) is -0.492. The Balaban J connectivity index is 1.87. The van der Waals surface area contributed by atoms with Crippen LogP contribution in [-0.4, -0.2) is 52.1 Å². The van der Waals surface area contributed by atoms with E-state index in [2.05, 4.69) is 25.0 Å². The number of nitrogens with zero attached hydrogens (tertiary/aromatic N) is 3. The molecule has 0 aromatic carbocycles. The fourth-order valence-electron chi connectivity index (χ4n) is 2.69. The molecule has 0 saturated carbocycles. The number of aromatic amines is 1. The number of urea groups is 1. The molecule has 1 aliphatic rings. The Morgan fingerprint density at radius 3 is 3.13 bits per heavy atom. The lowest BCUT2D eigenvalue weighted by atomic mass is 9.97. The number of rotatable bonds is 3. The number of nitrogens with one attached hydrogen (secondary N) is 2. The molecule has 2 N–H and O–H groups in total. The van der Waals surface area contributed by atoms with Gasteiger partial charge in [0.1, 0.15) is 12.6 Å². The van der Waals surface area contributed by atoms with Crippen molar-refractivity contribution in [2.75, 3.05) is 20.2 Å². The van der Waals surface area contributed by atoms with Crippen molar-refractivity contribution in [1.29, 1.82) is 0 Å². The highest BCUT2D eigenvalue weighted by Crippen LogP contribution is 2.32. The van der Waals surface area contributed by atoms with E-state index >= 15 is 0 Å². The van der Waals surface area contributed by atoms with Crippen LogP contribution in [0.5, 0.6) is 0 Å². The first-order chi connectivity index (χ1) is 11.2. The fourth-order valence-corrected chi connectivity index (χ4v) is 2.69. The number of carbonyl (C=O) groups excluding carboxylic acids is 2. The number of hydrogen-bond donors (Lipinski definition) is 2. The highest BCUT2D eigenvalue weighted by Gasteiger charge is 2.34. The van der Waals surface area contributed by atoms with Gasteiger partial charge in [-0.2, -0.15) is 0 Å². The van der Waals surface area contributed by atoms with Gasteiger partial charge in [0.05, 0.1) is 19.1 Å². The standard InChI is InChI=1S/C15H17N5O3/c1-23-12(21)8-17-15(22)20-6-4-11-13(19-9-18-11)14(20)10-3-2-5-16-7-10/h2-3,5,7,9,14H,4,6,8H2,1H3,(H,17,22)(H,18,19)/t14-/m0/s1. The number of H-pyrrole nitrogens is 1. The number of pyridine rings is 1. The van der Waals surface area contributed by atoms with Gasteiger partial charge >= 0.3 is 12.0 Å². The second-order valence-corrected chi connectivity index (χ2v) is 5.13. The van der Waals surface area contributed by atoms with Crippen LogP contribution in [0.15, 0.2) is 30.9 Å². The minimum atomic E-state index is -0.492. The molecule has 8 nitrogen and oxygen atoms in total. The summed E-state index contributed by atoms with van der Waals surface area (Å²) in [6, 6.07) is 3.05. The molecule has 2 aromatic rings. The Morgan fingerprint density at radius 2 is 2.39 bits per heavy atom. The normalized spacial score (nSPS) is 16.6. The quantitative estimate of drug-likeness (QED) is 0.809. The summed E-state index contributed by atoms with van der Waals surface area (Å²) >= 11 is 0. The summed E-state index contributed by atoms with van der Waals surface area (Å²) in [7, 11) is 1.28. The monoisotopic (exact) mass is 315 g/mol. The predicted octanol–water partition coefficient (Wildman–Crippen LogP) is 0.635. The minimum absolute atomic E-state index is 0.168. The molecule has 1 aliphatic heterocycles. The topological polar surface area (TPSA) is 100 Å². The van der Waals surface area contributed by atoms with Gasteiger partial charge < -0.3 is 19.9 Å². The average Bonchev–Trinajstić information content (AvgIpc) is 3.07. The van der Waals surface area contributed by atoms with Gasteiger partial charge in [-0.15, -0.1) is 0 Å². The number of hydrogen-bond acceptors (Lipinski definition) is 5. The first kappa shape index (κ1) is 15.0. The number of methoxy groups -OCH3 is 1. The van der Waals surface area contributed by atoms with Crippen LogP contribution in [0.2, 0.25) is 0 Å². The highest BCUT2D eigenvalue weighted by atomic mass is 16.5. The molecule has 2 amide bonds. The zero-order chi connectivity index (χ0) is 16.2. The van der Waals surface area contributed by atoms with Crippen LogP contribution in [-0.2, 0) is 16.0 Å². The summed E-state index contributed by atoms with van der Waals surface area (Å²) in [4.78, 5) is 37.0. The molecular formula is C15H17N5O3. The Morgan fingerprint density at radius 1 is 1.52 bits per heavy atom. The molecule has 23 heavy (non-hydrogen) atoms. The van der Waals surface area contributed by atoms with E-state index in [1.54, 1.807) is 23.6 Å². The Hall–Kier alpha value is -2.90. The number of ether oxygens (including phenoxy) is 1. The van der Waals surface area contributed by atoms with E-state index in [9.17, 15) is 9.59 Å². The zero-order valence-corrected chi connectivity index (χ0v) is 12.7. The smallest absolute Gasteiger partial charge is 0.325 e. The first-order valence-electron chi connectivity index (χ1n) is 7.24. The molecule has 0 radical (unpaired) electrons. The third-order valence-corrected chi connectivity index (χ3v) is 3.80. The SMILES string of the molecule is COC(=O)CNC(=O)N1CCc2[nH]cnc2[C@@H]1c1cccnc1. The highest BCUT2D eigenvalue weighted by molar-refractivity contribution is 5.81. The van der Waals surface area contributed by atoms with Crippen molar-refractivity contribution in [3.63, 3.8) is 0 Å². The van der Waals surface area contributed by atoms with Crippen molar-refractivity contribution < 1.29 is 14.3 Å². The van der Waals surface area contributed by atoms with Gasteiger partial charge in [-0.1, -0.05) is 6.07 Å². The number of amides is 2. The molecule has 120 valence electrons. The van der Waals surface area contributed by atoms with Crippen molar-refractivity contribution >= 4 is 12.0 Å². The average molecular weight is 315 g/mol. The van der Waals surface area contributed by atoms with E-state index in [1.165, 1.54) is 7.11 Å². The first-order valence-corrected chi connectivity index (χ1v) is 7.24. The van der Waals surface area contributed by atoms with E-state index in [-0.39, 0.29) is 18.6 Å². The number of carbonyl (C=O) groups is 2. The van der Waals surface area contributed by atoms with Gasteiger partial charge in [0.25, 0.3) is 0 Å². The largest absolute Gasteiger partial charge is 0.468 e. The molecule has 1 atom stereocenters. The van der Waals surface area contributed by atoms with E-state index in [0.717, 1.165) is 17.0 Å². The van der Waals surface area contributed by atoms with E-state index in [4.69, 9.17) is 0 Å². The minimum Gasteiger partial charge on any atom is -0.468 e. The number of esters is 1. The third kappa shape index (κ3) is 3.01. The van der Waals surface area contributed by atoms with Gasteiger partial charge in [0, 0.05) is 31.1 Å². The number of aromatic nitrogens is 3. The molecule has 0 bridgehead atoms. The van der Waals surface area contributed by atoms with Crippen LogP contribution in [0.25, 0.3) is 0 Å². The molecule has 3 heterocycles. The summed E-state index contributed by atoms with van der Waals surface area (Å²) < 4.78 is 4.54. The summed E-state index contributed by atoms with van der Waals surface area (Å²) in [6.07, 6.45) is 5.70. The molecule has 3 rings (SSSR count). The van der Waals surface area contributed by atoms with Gasteiger partial charge in [0.2, 0.25) is 0 Å². The molecule has 8 heteroatoms. The third-order valence-electron chi connectivity index (χ3n) is 3.80. The van der Waals surface area contributed by atoms with Crippen LogP contribution >= 0.6 is 0 Å². The van der Waals surface area contributed by atoms with Crippen molar-refractivity contribution in [3.8, 4) is 0 Å². The van der Waals surface area contributed by atoms with Crippen LogP contribution in [0.1, 0.15) is 23.0 Å². The van der Waals surface area contributed by atoms with Crippen LogP contribution in [0.3, 0.4) is 0 Å².